The molecule has 1 amide bonds. The molecule has 0 unspecified atom stereocenters. The van der Waals surface area contributed by atoms with Crippen molar-refractivity contribution in [2.45, 2.75) is 18.8 Å². The van der Waals surface area contributed by atoms with Gasteiger partial charge >= 0.3 is 0 Å². The Labute approximate surface area is 156 Å². The highest BCUT2D eigenvalue weighted by atomic mass is 19.1. The predicted molar refractivity (Wildman–Crippen MR) is 100.0 cm³/mol. The molecular weight excluding hydrogens is 345 g/mol. The molecular formula is C21H20FN3O2. The Hall–Kier alpha value is -3.15. The number of carbonyl (C=O) groups is 1. The standard InChI is InChI=1S/C21H20FN3O2/c22-18-7-2-1-6-17(18)19-13-20(24-23-19)21(27)25-10-8-14(9-11-25)15-4-3-5-16(26)12-15/h1-7,12-14,26H,8-11H2,(H,23,24). The van der Waals surface area contributed by atoms with Crippen LogP contribution in [0.2, 0.25) is 0 Å². The Balaban J connectivity index is 1.43. The summed E-state index contributed by atoms with van der Waals surface area (Å²) in [6.07, 6.45) is 1.67. The van der Waals surface area contributed by atoms with Crippen LogP contribution in [-0.4, -0.2) is 39.2 Å². The van der Waals surface area contributed by atoms with Gasteiger partial charge in [0.1, 0.15) is 17.3 Å². The molecule has 4 rings (SSSR count). The van der Waals surface area contributed by atoms with Crippen LogP contribution in [0.25, 0.3) is 11.3 Å². The third kappa shape index (κ3) is 3.56. The lowest BCUT2D eigenvalue weighted by molar-refractivity contribution is 0.0707. The van der Waals surface area contributed by atoms with Gasteiger partial charge in [0.05, 0.1) is 5.69 Å². The van der Waals surface area contributed by atoms with Crippen LogP contribution in [0, 0.1) is 5.82 Å². The Kier molecular flexibility index (Phi) is 4.62. The monoisotopic (exact) mass is 365 g/mol. The molecule has 2 heterocycles. The molecule has 3 aromatic rings. The molecule has 0 saturated carbocycles. The summed E-state index contributed by atoms with van der Waals surface area (Å²) in [5.41, 5.74) is 2.26. The fourth-order valence-corrected chi connectivity index (χ4v) is 3.60. The summed E-state index contributed by atoms with van der Waals surface area (Å²) in [6, 6.07) is 15.3. The van der Waals surface area contributed by atoms with Crippen molar-refractivity contribution in [2.24, 2.45) is 0 Å². The third-order valence-electron chi connectivity index (χ3n) is 5.08. The van der Waals surface area contributed by atoms with E-state index < -0.39 is 0 Å². The van der Waals surface area contributed by atoms with Crippen molar-refractivity contribution in [3.8, 4) is 17.0 Å². The normalized spacial score (nSPS) is 15.1. The smallest absolute Gasteiger partial charge is 0.271 e. The lowest BCUT2D eigenvalue weighted by atomic mass is 9.89. The zero-order chi connectivity index (χ0) is 18.8. The second-order valence-electron chi connectivity index (χ2n) is 6.81. The molecule has 2 N–H and O–H groups in total. The number of likely N-dealkylation sites (tertiary alicyclic amines) is 1. The van der Waals surface area contributed by atoms with E-state index in [4.69, 9.17) is 0 Å². The first kappa shape index (κ1) is 17.3. The number of aromatic nitrogens is 2. The molecule has 1 fully saturated rings. The highest BCUT2D eigenvalue weighted by molar-refractivity contribution is 5.93. The number of halogens is 1. The van der Waals surface area contributed by atoms with Gasteiger partial charge in [0.15, 0.2) is 0 Å². The van der Waals surface area contributed by atoms with E-state index in [9.17, 15) is 14.3 Å². The molecule has 0 bridgehead atoms. The van der Waals surface area contributed by atoms with Crippen LogP contribution in [0.15, 0.2) is 54.6 Å². The summed E-state index contributed by atoms with van der Waals surface area (Å²) >= 11 is 0. The average molecular weight is 365 g/mol. The minimum Gasteiger partial charge on any atom is -0.508 e. The number of carbonyl (C=O) groups excluding carboxylic acids is 1. The maximum absolute atomic E-state index is 13.9. The van der Waals surface area contributed by atoms with Gasteiger partial charge in [-0.25, -0.2) is 4.39 Å². The minimum atomic E-state index is -0.366. The van der Waals surface area contributed by atoms with E-state index in [0.717, 1.165) is 18.4 Å². The number of hydrogen-bond acceptors (Lipinski definition) is 3. The summed E-state index contributed by atoms with van der Waals surface area (Å²) in [5.74, 6) is 0.107. The average Bonchev–Trinajstić information content (AvgIpc) is 3.18. The number of amides is 1. The first-order chi connectivity index (χ1) is 13.1. The second kappa shape index (κ2) is 7.23. The van der Waals surface area contributed by atoms with Gasteiger partial charge in [-0.3, -0.25) is 9.89 Å². The molecule has 5 nitrogen and oxygen atoms in total. The Morgan fingerprint density at radius 2 is 1.89 bits per heavy atom. The first-order valence-corrected chi connectivity index (χ1v) is 9.00. The summed E-state index contributed by atoms with van der Waals surface area (Å²) in [5, 5.41) is 16.5. The number of hydrogen-bond donors (Lipinski definition) is 2. The SMILES string of the molecule is O=C(c1cc(-c2ccccc2F)n[nH]1)N1CCC(c2cccc(O)c2)CC1. The van der Waals surface area contributed by atoms with Crippen molar-refractivity contribution in [3.05, 3.63) is 71.7 Å². The molecule has 0 aliphatic carbocycles. The van der Waals surface area contributed by atoms with Crippen LogP contribution < -0.4 is 0 Å². The van der Waals surface area contributed by atoms with Crippen LogP contribution in [0.4, 0.5) is 4.39 Å². The number of phenolic OH excluding ortho intramolecular Hbond substituents is 1. The zero-order valence-corrected chi connectivity index (χ0v) is 14.7. The summed E-state index contributed by atoms with van der Waals surface area (Å²) in [7, 11) is 0. The fourth-order valence-electron chi connectivity index (χ4n) is 3.60. The number of rotatable bonds is 3. The van der Waals surface area contributed by atoms with Crippen LogP contribution in [0.3, 0.4) is 0 Å². The van der Waals surface area contributed by atoms with Crippen LogP contribution >= 0.6 is 0 Å². The van der Waals surface area contributed by atoms with E-state index in [2.05, 4.69) is 10.2 Å². The van der Waals surface area contributed by atoms with Crippen molar-refractivity contribution in [2.75, 3.05) is 13.1 Å². The summed E-state index contributed by atoms with van der Waals surface area (Å²) in [4.78, 5) is 14.5. The Morgan fingerprint density at radius 3 is 2.63 bits per heavy atom. The number of aromatic hydroxyl groups is 1. The highest BCUT2D eigenvalue weighted by Gasteiger charge is 2.26. The van der Waals surface area contributed by atoms with Crippen molar-refractivity contribution < 1.29 is 14.3 Å². The van der Waals surface area contributed by atoms with E-state index in [1.54, 1.807) is 41.3 Å². The number of phenols is 1. The number of aromatic amines is 1. The topological polar surface area (TPSA) is 69.2 Å². The van der Waals surface area contributed by atoms with Crippen LogP contribution in [0.1, 0.15) is 34.8 Å². The van der Waals surface area contributed by atoms with Crippen molar-refractivity contribution >= 4 is 5.91 Å². The van der Waals surface area contributed by atoms with E-state index in [1.165, 1.54) is 6.07 Å². The molecule has 0 atom stereocenters. The van der Waals surface area contributed by atoms with Gasteiger partial charge in [0.2, 0.25) is 0 Å². The quantitative estimate of drug-likeness (QED) is 0.739. The van der Waals surface area contributed by atoms with Gasteiger partial charge in [-0.05, 0) is 54.7 Å². The van der Waals surface area contributed by atoms with Gasteiger partial charge in [-0.2, -0.15) is 5.10 Å². The second-order valence-corrected chi connectivity index (χ2v) is 6.81. The van der Waals surface area contributed by atoms with Gasteiger partial charge in [-0.1, -0.05) is 24.3 Å². The largest absolute Gasteiger partial charge is 0.508 e. The fraction of sp³-hybridized carbons (Fsp3) is 0.238. The Bertz CT molecular complexity index is 961. The molecule has 0 spiro atoms. The van der Waals surface area contributed by atoms with E-state index in [1.807, 2.05) is 12.1 Å². The van der Waals surface area contributed by atoms with Gasteiger partial charge in [0.25, 0.3) is 5.91 Å². The third-order valence-corrected chi connectivity index (χ3v) is 5.08. The lowest BCUT2D eigenvalue weighted by Gasteiger charge is -2.32. The number of piperidine rings is 1. The molecule has 0 radical (unpaired) electrons. The van der Waals surface area contributed by atoms with E-state index in [0.29, 0.717) is 36.0 Å². The number of H-pyrrole nitrogens is 1. The highest BCUT2D eigenvalue weighted by Crippen LogP contribution is 2.30. The zero-order valence-electron chi connectivity index (χ0n) is 14.7. The van der Waals surface area contributed by atoms with Gasteiger partial charge < -0.3 is 10.0 Å². The number of nitrogens with one attached hydrogen (secondary N) is 1. The Morgan fingerprint density at radius 1 is 1.11 bits per heavy atom. The molecule has 2 aromatic carbocycles. The van der Waals surface area contributed by atoms with Crippen molar-refractivity contribution in [1.29, 1.82) is 0 Å². The van der Waals surface area contributed by atoms with Crippen molar-refractivity contribution in [1.82, 2.24) is 15.1 Å². The molecule has 27 heavy (non-hydrogen) atoms. The van der Waals surface area contributed by atoms with Crippen molar-refractivity contribution in [3.63, 3.8) is 0 Å². The molecule has 138 valence electrons. The van der Waals surface area contributed by atoms with Gasteiger partial charge in [0, 0.05) is 18.7 Å². The van der Waals surface area contributed by atoms with Crippen LogP contribution in [0.5, 0.6) is 5.75 Å². The molecule has 1 aliphatic heterocycles. The molecule has 1 aromatic heterocycles. The van der Waals surface area contributed by atoms with Gasteiger partial charge in [-0.15, -0.1) is 0 Å². The van der Waals surface area contributed by atoms with Crippen LogP contribution in [-0.2, 0) is 0 Å². The minimum absolute atomic E-state index is 0.126. The number of benzene rings is 2. The molecule has 6 heteroatoms. The first-order valence-electron chi connectivity index (χ1n) is 9.00. The molecule has 1 aliphatic rings. The summed E-state index contributed by atoms with van der Waals surface area (Å²) in [6.45, 7) is 1.26. The number of nitrogens with zero attached hydrogens (tertiary/aromatic N) is 2. The molecule has 1 saturated heterocycles. The lowest BCUT2D eigenvalue weighted by Crippen LogP contribution is -2.38. The van der Waals surface area contributed by atoms with E-state index >= 15 is 0 Å². The maximum atomic E-state index is 13.9. The van der Waals surface area contributed by atoms with E-state index in [-0.39, 0.29) is 17.5 Å². The predicted octanol–water partition coefficient (Wildman–Crippen LogP) is 3.94. The summed E-state index contributed by atoms with van der Waals surface area (Å²) < 4.78 is 13.9. The maximum Gasteiger partial charge on any atom is 0.271 e.